The van der Waals surface area contributed by atoms with Gasteiger partial charge in [0, 0.05) is 5.41 Å². The highest BCUT2D eigenvalue weighted by Crippen LogP contribution is 2.60. The van der Waals surface area contributed by atoms with Crippen molar-refractivity contribution in [2.24, 2.45) is 0 Å². The van der Waals surface area contributed by atoms with E-state index in [1.165, 1.54) is 55.3 Å². The van der Waals surface area contributed by atoms with Crippen LogP contribution in [-0.4, -0.2) is 0 Å². The molecule has 3 aromatic carbocycles. The molecule has 26 heavy (non-hydrogen) atoms. The fourth-order valence-corrected chi connectivity index (χ4v) is 5.61. The van der Waals surface area contributed by atoms with Crippen molar-refractivity contribution in [1.82, 2.24) is 0 Å². The Kier molecular flexibility index (Phi) is 2.56. The highest BCUT2D eigenvalue weighted by molar-refractivity contribution is 5.98. The van der Waals surface area contributed by atoms with E-state index in [1.807, 2.05) is 0 Å². The van der Waals surface area contributed by atoms with Crippen LogP contribution in [0.3, 0.4) is 0 Å². The van der Waals surface area contributed by atoms with Crippen molar-refractivity contribution in [2.45, 2.75) is 24.7 Å². The molecule has 1 atom stereocenters. The van der Waals surface area contributed by atoms with E-state index < -0.39 is 0 Å². The smallest absolute Gasteiger partial charge is 0.0475 e. The van der Waals surface area contributed by atoms with Crippen molar-refractivity contribution in [1.29, 1.82) is 0 Å². The van der Waals surface area contributed by atoms with Gasteiger partial charge in [-0.15, -0.1) is 0 Å². The molecule has 3 aliphatic carbocycles. The molecular formula is C26H20. The van der Waals surface area contributed by atoms with Crippen LogP contribution in [0.2, 0.25) is 0 Å². The van der Waals surface area contributed by atoms with Crippen molar-refractivity contribution >= 4 is 16.3 Å². The minimum Gasteiger partial charge on any atom is -0.0955 e. The van der Waals surface area contributed by atoms with Crippen molar-refractivity contribution in [3.8, 4) is 0 Å². The normalized spacial score (nSPS) is 24.7. The average Bonchev–Trinajstić information content (AvgIpc) is 3.16. The number of aryl methyl sites for hydroxylation is 1. The number of fused-ring (bicyclic) bond motifs is 2. The second kappa shape index (κ2) is 4.65. The van der Waals surface area contributed by atoms with E-state index >= 15 is 0 Å². The topological polar surface area (TPSA) is 0 Å². The fourth-order valence-electron chi connectivity index (χ4n) is 5.61. The lowest BCUT2D eigenvalue weighted by Gasteiger charge is -2.30. The first-order chi connectivity index (χ1) is 12.7. The molecule has 0 aliphatic heterocycles. The van der Waals surface area contributed by atoms with Crippen molar-refractivity contribution < 1.29 is 0 Å². The van der Waals surface area contributed by atoms with Crippen LogP contribution in [0, 0.1) is 0 Å². The van der Waals surface area contributed by atoms with Gasteiger partial charge in [-0.3, -0.25) is 0 Å². The van der Waals surface area contributed by atoms with Gasteiger partial charge in [0.15, 0.2) is 0 Å². The maximum atomic E-state index is 4.52. The highest BCUT2D eigenvalue weighted by Gasteiger charge is 2.50. The fraction of sp³-hybridized carbons (Fsp3) is 0.154. The second-order valence-corrected chi connectivity index (χ2v) is 7.98. The molecule has 1 unspecified atom stereocenters. The Balaban J connectivity index is 1.86. The lowest BCUT2D eigenvalue weighted by atomic mass is 9.71. The van der Waals surface area contributed by atoms with E-state index in [0.29, 0.717) is 0 Å². The van der Waals surface area contributed by atoms with Crippen LogP contribution in [0.4, 0.5) is 0 Å². The Morgan fingerprint density at radius 2 is 1.77 bits per heavy atom. The van der Waals surface area contributed by atoms with E-state index in [2.05, 4.69) is 73.8 Å². The quantitative estimate of drug-likeness (QED) is 0.464. The zero-order chi connectivity index (χ0) is 17.5. The lowest BCUT2D eigenvalue weighted by molar-refractivity contribution is 0.629. The summed E-state index contributed by atoms with van der Waals surface area (Å²) in [5.41, 5.74) is 10.8. The Morgan fingerprint density at radius 1 is 0.923 bits per heavy atom. The number of benzene rings is 3. The van der Waals surface area contributed by atoms with Crippen molar-refractivity contribution in [3.05, 3.63) is 113 Å². The molecule has 0 N–H and O–H groups in total. The van der Waals surface area contributed by atoms with Crippen LogP contribution in [-0.2, 0) is 18.3 Å². The zero-order valence-electron chi connectivity index (χ0n) is 14.8. The standard InChI is InChI=1S/C26H20/c1-16-13-18-7-8-19-9-10-20-11-12-26(25(20)22(19)15-18)23-6-4-3-5-21(23)17(2)24(26)14-16/h3-10,14-15H,1-2,11-13H2/b24-14+. The molecule has 0 saturated heterocycles. The molecule has 1 spiro atoms. The van der Waals surface area contributed by atoms with Gasteiger partial charge in [-0.25, -0.2) is 0 Å². The van der Waals surface area contributed by atoms with Gasteiger partial charge in [0.1, 0.15) is 0 Å². The average molecular weight is 332 g/mol. The Bertz CT molecular complexity index is 1190. The Morgan fingerprint density at radius 3 is 2.69 bits per heavy atom. The second-order valence-electron chi connectivity index (χ2n) is 7.98. The molecule has 0 heterocycles. The first-order valence-electron chi connectivity index (χ1n) is 9.42. The number of hydrogen-bond donors (Lipinski definition) is 0. The van der Waals surface area contributed by atoms with E-state index in [0.717, 1.165) is 19.3 Å². The summed E-state index contributed by atoms with van der Waals surface area (Å²) in [4.78, 5) is 0. The molecule has 0 amide bonds. The van der Waals surface area contributed by atoms with Crippen LogP contribution in [0.15, 0.2) is 85.0 Å². The molecule has 0 heteroatoms. The first-order valence-corrected chi connectivity index (χ1v) is 9.42. The SMILES string of the molecule is C=C1/C=C2\C(=C)c3ccccc3C23CCc2ccc4ccc(cc4c23)C1. The summed E-state index contributed by atoms with van der Waals surface area (Å²) in [6.07, 6.45) is 5.50. The van der Waals surface area contributed by atoms with Gasteiger partial charge in [-0.2, -0.15) is 0 Å². The molecule has 6 rings (SSSR count). The summed E-state index contributed by atoms with van der Waals surface area (Å²) < 4.78 is 0. The largest absolute Gasteiger partial charge is 0.0955 e. The molecule has 0 aromatic heterocycles. The van der Waals surface area contributed by atoms with Gasteiger partial charge in [-0.1, -0.05) is 79.4 Å². The maximum Gasteiger partial charge on any atom is 0.0475 e. The van der Waals surface area contributed by atoms with Gasteiger partial charge in [0.05, 0.1) is 0 Å². The number of hydrogen-bond acceptors (Lipinski definition) is 0. The number of allylic oxidation sites excluding steroid dienone is 4. The van der Waals surface area contributed by atoms with E-state index in [9.17, 15) is 0 Å². The van der Waals surface area contributed by atoms with Gasteiger partial charge < -0.3 is 0 Å². The van der Waals surface area contributed by atoms with Crippen LogP contribution < -0.4 is 0 Å². The summed E-state index contributed by atoms with van der Waals surface area (Å²) >= 11 is 0. The minimum atomic E-state index is -0.0611. The third kappa shape index (κ3) is 1.56. The third-order valence-electron chi connectivity index (χ3n) is 6.64. The summed E-state index contributed by atoms with van der Waals surface area (Å²) in [6, 6.07) is 20.5. The van der Waals surface area contributed by atoms with Gasteiger partial charge in [0.2, 0.25) is 0 Å². The predicted octanol–water partition coefficient (Wildman–Crippen LogP) is 6.14. The molecule has 124 valence electrons. The van der Waals surface area contributed by atoms with Crippen LogP contribution >= 0.6 is 0 Å². The number of rotatable bonds is 0. The van der Waals surface area contributed by atoms with Crippen molar-refractivity contribution in [3.63, 3.8) is 0 Å². The molecule has 3 aliphatic rings. The third-order valence-corrected chi connectivity index (χ3v) is 6.64. The maximum absolute atomic E-state index is 4.52. The Labute approximate surface area is 154 Å². The van der Waals surface area contributed by atoms with Gasteiger partial charge in [0.25, 0.3) is 0 Å². The van der Waals surface area contributed by atoms with Crippen LogP contribution in [0.5, 0.6) is 0 Å². The summed E-state index contributed by atoms with van der Waals surface area (Å²) in [6.45, 7) is 8.91. The van der Waals surface area contributed by atoms with Crippen LogP contribution in [0.25, 0.3) is 16.3 Å². The van der Waals surface area contributed by atoms with E-state index in [-0.39, 0.29) is 5.41 Å². The monoisotopic (exact) mass is 332 g/mol. The predicted molar refractivity (Wildman–Crippen MR) is 109 cm³/mol. The van der Waals surface area contributed by atoms with Gasteiger partial charge >= 0.3 is 0 Å². The summed E-state index contributed by atoms with van der Waals surface area (Å²) in [5.74, 6) is 0. The molecule has 0 radical (unpaired) electrons. The van der Waals surface area contributed by atoms with E-state index in [4.69, 9.17) is 0 Å². The Hall–Kier alpha value is -2.86. The molecular weight excluding hydrogens is 312 g/mol. The summed E-state index contributed by atoms with van der Waals surface area (Å²) in [7, 11) is 0. The van der Waals surface area contributed by atoms with Crippen LogP contribution in [0.1, 0.15) is 34.2 Å². The molecule has 2 bridgehead atoms. The molecule has 0 fully saturated rings. The zero-order valence-corrected chi connectivity index (χ0v) is 14.8. The molecule has 0 saturated carbocycles. The minimum absolute atomic E-state index is 0.0611. The van der Waals surface area contributed by atoms with Crippen molar-refractivity contribution in [2.75, 3.05) is 0 Å². The molecule has 3 aromatic rings. The lowest BCUT2D eigenvalue weighted by Crippen LogP contribution is -2.24. The van der Waals surface area contributed by atoms with E-state index in [1.54, 1.807) is 0 Å². The highest BCUT2D eigenvalue weighted by atomic mass is 14.5. The molecule has 0 nitrogen and oxygen atoms in total. The first kappa shape index (κ1) is 14.3. The van der Waals surface area contributed by atoms with Gasteiger partial charge in [-0.05, 0) is 69.0 Å². The summed E-state index contributed by atoms with van der Waals surface area (Å²) in [5, 5.41) is 2.76.